The maximum Gasteiger partial charge on any atom is 0.319 e. The molecule has 2 N–H and O–H groups in total. The maximum absolute atomic E-state index is 16.8. The van der Waals surface area contributed by atoms with Gasteiger partial charge in [0.2, 0.25) is 0 Å². The first-order valence-corrected chi connectivity index (χ1v) is 15.9. The van der Waals surface area contributed by atoms with Crippen LogP contribution >= 0.6 is 0 Å². The van der Waals surface area contributed by atoms with Gasteiger partial charge in [-0.15, -0.1) is 0 Å². The van der Waals surface area contributed by atoms with Gasteiger partial charge in [-0.05, 0) is 104 Å². The van der Waals surface area contributed by atoms with Crippen LogP contribution in [0.1, 0.15) is 58.4 Å². The average Bonchev–Trinajstić information content (AvgIpc) is 3.51. The van der Waals surface area contributed by atoms with Gasteiger partial charge in [-0.25, -0.2) is 8.78 Å². The van der Waals surface area contributed by atoms with E-state index >= 15 is 4.39 Å². The quantitative estimate of drug-likeness (QED) is 0.257. The van der Waals surface area contributed by atoms with Crippen LogP contribution in [0.3, 0.4) is 0 Å². The highest BCUT2D eigenvalue weighted by molar-refractivity contribution is 6.03. The van der Waals surface area contributed by atoms with E-state index < -0.39 is 11.4 Å². The molecule has 1 aromatic heterocycles. The van der Waals surface area contributed by atoms with Crippen LogP contribution in [0.4, 0.5) is 14.6 Å². The number of nitrogens with zero attached hydrogens (tertiary/aromatic N) is 4. The van der Waals surface area contributed by atoms with Crippen molar-refractivity contribution in [2.75, 3.05) is 37.7 Å². The van der Waals surface area contributed by atoms with Crippen LogP contribution in [-0.2, 0) is 6.42 Å². The minimum Gasteiger partial charge on any atom is -0.508 e. The summed E-state index contributed by atoms with van der Waals surface area (Å²) in [6.07, 6.45) is 5.07. The lowest BCUT2D eigenvalue weighted by atomic mass is 9.91. The number of piperidine rings is 1. The molecule has 44 heavy (non-hydrogen) atoms. The van der Waals surface area contributed by atoms with Crippen LogP contribution in [0.2, 0.25) is 0 Å². The molecule has 4 heterocycles. The van der Waals surface area contributed by atoms with Gasteiger partial charge in [0.15, 0.2) is 5.82 Å². The molecule has 0 saturated carbocycles. The SMILES string of the molecule is CCc1c(F)ccc2cc(O)cc(-c3ccc4c(N5CCC[C@@](C)(O)C5)nc(OC[C@@]56CCCN5C[C@H](C)C6)nc4c3F)c12. The van der Waals surface area contributed by atoms with Crippen molar-refractivity contribution in [2.24, 2.45) is 5.92 Å². The molecule has 0 amide bonds. The fourth-order valence-corrected chi connectivity index (χ4v) is 8.12. The van der Waals surface area contributed by atoms with Crippen molar-refractivity contribution in [3.8, 4) is 22.9 Å². The van der Waals surface area contributed by atoms with Crippen LogP contribution in [0, 0.1) is 17.6 Å². The summed E-state index contributed by atoms with van der Waals surface area (Å²) >= 11 is 0. The normalized spacial score (nSPS) is 25.7. The zero-order valence-corrected chi connectivity index (χ0v) is 25.7. The van der Waals surface area contributed by atoms with E-state index in [1.807, 2.05) is 18.7 Å². The Bertz CT molecular complexity index is 1760. The van der Waals surface area contributed by atoms with Crippen LogP contribution in [-0.4, -0.2) is 69.0 Å². The van der Waals surface area contributed by atoms with Gasteiger partial charge in [-0.2, -0.15) is 9.97 Å². The monoisotopic (exact) mass is 602 g/mol. The summed E-state index contributed by atoms with van der Waals surface area (Å²) in [5.41, 5.74) is 0.211. The van der Waals surface area contributed by atoms with Crippen LogP contribution in [0.15, 0.2) is 36.4 Å². The number of benzene rings is 3. The summed E-state index contributed by atoms with van der Waals surface area (Å²) < 4.78 is 38.2. The number of β-amino-alcohol motifs (C(OH)–C–C–N with tert-alkyl or cyclic N) is 1. The molecule has 232 valence electrons. The average molecular weight is 603 g/mol. The van der Waals surface area contributed by atoms with E-state index in [-0.39, 0.29) is 34.2 Å². The molecule has 7 rings (SSSR count). The molecule has 3 saturated heterocycles. The third-order valence-corrected chi connectivity index (χ3v) is 10.0. The first-order chi connectivity index (χ1) is 21.1. The van der Waals surface area contributed by atoms with Gasteiger partial charge in [0.25, 0.3) is 0 Å². The number of fused-ring (bicyclic) bond motifs is 3. The standard InChI is InChI=1S/C35H40F2N4O3/c1-4-24-28(36)10-7-22-15-23(42)16-27(29(22)24)25-8-9-26-31(30(25)37)38-33(39-32(26)40-13-5-11-34(3,43)19-40)44-20-35-12-6-14-41(35)18-21(2)17-35/h7-10,15-16,21,42-43H,4-6,11-14,17-20H2,1-3H3/t21-,34-,35+/m1/s1. The summed E-state index contributed by atoms with van der Waals surface area (Å²) in [5.74, 6) is 0.115. The van der Waals surface area contributed by atoms with Gasteiger partial charge < -0.3 is 19.8 Å². The first-order valence-electron chi connectivity index (χ1n) is 15.9. The molecule has 3 aliphatic rings. The third kappa shape index (κ3) is 4.94. The topological polar surface area (TPSA) is 82.0 Å². The number of aromatic nitrogens is 2. The summed E-state index contributed by atoms with van der Waals surface area (Å²) in [6.45, 7) is 9.48. The number of aliphatic hydroxyl groups is 1. The van der Waals surface area contributed by atoms with Crippen LogP contribution < -0.4 is 9.64 Å². The Morgan fingerprint density at radius 3 is 2.66 bits per heavy atom. The molecule has 4 aromatic rings. The molecule has 0 radical (unpaired) electrons. The number of anilines is 1. The predicted octanol–water partition coefficient (Wildman–Crippen LogP) is 6.60. The van der Waals surface area contributed by atoms with Crippen molar-refractivity contribution < 1.29 is 23.7 Å². The number of ether oxygens (including phenoxy) is 1. The molecule has 3 fully saturated rings. The molecule has 0 spiro atoms. The lowest BCUT2D eigenvalue weighted by Gasteiger charge is -2.38. The molecule has 3 atom stereocenters. The highest BCUT2D eigenvalue weighted by atomic mass is 19.1. The van der Waals surface area contributed by atoms with E-state index in [0.717, 1.165) is 38.8 Å². The lowest BCUT2D eigenvalue weighted by molar-refractivity contribution is 0.0447. The second-order valence-corrected chi connectivity index (χ2v) is 13.5. The van der Waals surface area contributed by atoms with Crippen molar-refractivity contribution >= 4 is 27.5 Å². The number of phenolic OH excluding ortho intramolecular Hbond substituents is 1. The third-order valence-electron chi connectivity index (χ3n) is 10.0. The first kappa shape index (κ1) is 29.2. The van der Waals surface area contributed by atoms with Crippen LogP contribution in [0.25, 0.3) is 32.8 Å². The Hall–Kier alpha value is -3.56. The van der Waals surface area contributed by atoms with Crippen molar-refractivity contribution in [1.29, 1.82) is 0 Å². The van der Waals surface area contributed by atoms with E-state index in [9.17, 15) is 14.6 Å². The second kappa shape index (κ2) is 10.8. The fourth-order valence-electron chi connectivity index (χ4n) is 8.12. The largest absolute Gasteiger partial charge is 0.508 e. The zero-order chi connectivity index (χ0) is 30.8. The maximum atomic E-state index is 16.8. The van der Waals surface area contributed by atoms with Crippen molar-refractivity contribution in [3.63, 3.8) is 0 Å². The molecule has 9 heteroatoms. The van der Waals surface area contributed by atoms with E-state index in [0.29, 0.717) is 71.6 Å². The summed E-state index contributed by atoms with van der Waals surface area (Å²) in [5, 5.41) is 23.2. The minimum atomic E-state index is -0.903. The van der Waals surface area contributed by atoms with E-state index in [1.54, 1.807) is 24.3 Å². The molecule has 0 aliphatic carbocycles. The smallest absolute Gasteiger partial charge is 0.319 e. The Kier molecular flexibility index (Phi) is 7.16. The number of halogens is 2. The minimum absolute atomic E-state index is 0.0326. The number of hydrogen-bond donors (Lipinski definition) is 2. The number of rotatable bonds is 6. The predicted molar refractivity (Wildman–Crippen MR) is 168 cm³/mol. The molecule has 7 nitrogen and oxygen atoms in total. The number of hydrogen-bond acceptors (Lipinski definition) is 7. The summed E-state index contributed by atoms with van der Waals surface area (Å²) in [4.78, 5) is 14.0. The molecular weight excluding hydrogens is 562 g/mol. The molecule has 3 aliphatic heterocycles. The Balaban J connectivity index is 1.38. The number of phenols is 1. The second-order valence-electron chi connectivity index (χ2n) is 13.5. The molecule has 0 unspecified atom stereocenters. The Morgan fingerprint density at radius 1 is 1.05 bits per heavy atom. The van der Waals surface area contributed by atoms with Gasteiger partial charge in [0, 0.05) is 30.6 Å². The van der Waals surface area contributed by atoms with E-state index in [1.165, 1.54) is 12.1 Å². The molecule has 0 bridgehead atoms. The molecular formula is C35H40F2N4O3. The highest BCUT2D eigenvalue weighted by Crippen LogP contribution is 2.43. The number of aryl methyl sites for hydroxylation is 1. The van der Waals surface area contributed by atoms with Crippen molar-refractivity contribution in [3.05, 3.63) is 53.6 Å². The lowest BCUT2D eigenvalue weighted by Crippen LogP contribution is -2.46. The Labute approximate surface area is 256 Å². The molecule has 3 aromatic carbocycles. The van der Waals surface area contributed by atoms with Crippen molar-refractivity contribution in [1.82, 2.24) is 14.9 Å². The van der Waals surface area contributed by atoms with E-state index in [2.05, 4.69) is 16.8 Å². The fraction of sp³-hybridized carbons (Fsp3) is 0.486. The Morgan fingerprint density at radius 2 is 1.86 bits per heavy atom. The number of aromatic hydroxyl groups is 1. The van der Waals surface area contributed by atoms with Gasteiger partial charge in [0.05, 0.1) is 11.1 Å². The summed E-state index contributed by atoms with van der Waals surface area (Å²) in [7, 11) is 0. The van der Waals surface area contributed by atoms with Crippen LogP contribution in [0.5, 0.6) is 11.8 Å². The van der Waals surface area contributed by atoms with Gasteiger partial charge >= 0.3 is 6.01 Å². The van der Waals surface area contributed by atoms with Gasteiger partial charge in [-0.3, -0.25) is 4.90 Å². The van der Waals surface area contributed by atoms with E-state index in [4.69, 9.17) is 9.72 Å². The zero-order valence-electron chi connectivity index (χ0n) is 25.7. The summed E-state index contributed by atoms with van der Waals surface area (Å²) in [6, 6.07) is 9.59. The van der Waals surface area contributed by atoms with Gasteiger partial charge in [0.1, 0.15) is 29.5 Å². The van der Waals surface area contributed by atoms with Gasteiger partial charge in [-0.1, -0.05) is 26.0 Å². The van der Waals surface area contributed by atoms with Crippen molar-refractivity contribution in [2.45, 2.75) is 70.4 Å². The highest BCUT2D eigenvalue weighted by Gasteiger charge is 2.47.